The highest BCUT2D eigenvalue weighted by Gasteiger charge is 2.17. The van der Waals surface area contributed by atoms with Gasteiger partial charge < -0.3 is 4.74 Å². The first-order valence-corrected chi connectivity index (χ1v) is 17.1. The fourth-order valence-corrected chi connectivity index (χ4v) is 6.71. The van der Waals surface area contributed by atoms with Crippen molar-refractivity contribution in [3.63, 3.8) is 0 Å². The molecular formula is C40H58O. The molecular weight excluding hydrogens is 496 g/mol. The van der Waals surface area contributed by atoms with E-state index in [4.69, 9.17) is 4.74 Å². The van der Waals surface area contributed by atoms with Gasteiger partial charge in [-0.1, -0.05) is 112 Å². The second-order valence-electron chi connectivity index (χ2n) is 13.5. The Kier molecular flexibility index (Phi) is 13.3. The molecule has 0 aliphatic heterocycles. The molecule has 2 aliphatic rings. The highest BCUT2D eigenvalue weighted by atomic mass is 16.5. The lowest BCUT2D eigenvalue weighted by Gasteiger charge is -2.23. The van der Waals surface area contributed by atoms with E-state index in [9.17, 15) is 0 Å². The maximum atomic E-state index is 5.96. The zero-order chi connectivity index (χ0) is 28.9. The largest absolute Gasteiger partial charge is 0.381 e. The number of ether oxygens (including phenoxy) is 1. The minimum absolute atomic E-state index is 0.620. The van der Waals surface area contributed by atoms with Crippen LogP contribution in [0.4, 0.5) is 0 Å². The summed E-state index contributed by atoms with van der Waals surface area (Å²) in [6.07, 6.45) is 23.0. The predicted octanol–water partition coefficient (Wildman–Crippen LogP) is 12.2. The van der Waals surface area contributed by atoms with E-state index >= 15 is 0 Å². The molecule has 1 heteroatoms. The zero-order valence-electron chi connectivity index (χ0n) is 26.8. The third kappa shape index (κ3) is 10.6. The van der Waals surface area contributed by atoms with Crippen molar-refractivity contribution in [1.29, 1.82) is 0 Å². The summed E-state index contributed by atoms with van der Waals surface area (Å²) in [7, 11) is 0. The molecule has 2 aromatic rings. The molecule has 0 fully saturated rings. The van der Waals surface area contributed by atoms with Crippen molar-refractivity contribution >= 4 is 0 Å². The van der Waals surface area contributed by atoms with Gasteiger partial charge in [-0.3, -0.25) is 0 Å². The van der Waals surface area contributed by atoms with Gasteiger partial charge in [0.05, 0.1) is 0 Å². The van der Waals surface area contributed by atoms with Gasteiger partial charge in [0.2, 0.25) is 0 Å². The number of hydrogen-bond acceptors (Lipinski definition) is 1. The average molecular weight is 555 g/mol. The molecule has 4 rings (SSSR count). The number of rotatable bonds is 16. The van der Waals surface area contributed by atoms with Gasteiger partial charge in [0.25, 0.3) is 0 Å². The Hall–Kier alpha value is -2.12. The molecule has 0 saturated heterocycles. The van der Waals surface area contributed by atoms with Crippen LogP contribution in [0.3, 0.4) is 0 Å². The van der Waals surface area contributed by atoms with Gasteiger partial charge in [0, 0.05) is 13.2 Å². The Morgan fingerprint density at radius 2 is 0.976 bits per heavy atom. The molecule has 0 heterocycles. The van der Waals surface area contributed by atoms with Crippen LogP contribution in [0.1, 0.15) is 164 Å². The second-order valence-corrected chi connectivity index (χ2v) is 13.5. The van der Waals surface area contributed by atoms with E-state index in [1.807, 2.05) is 0 Å². The summed E-state index contributed by atoms with van der Waals surface area (Å²) in [5, 5.41) is 0. The van der Waals surface area contributed by atoms with Crippen LogP contribution in [0.25, 0.3) is 0 Å². The standard InChI is InChI=1S/C40H58O/c1-31(2)35-21-25-39(26-22-35)37-17-13-33(14-18-37)11-7-5-9-29-41-30-10-6-8-12-34-15-19-38(20-16-34)40-27-23-36(24-28-40)32(3)4/h13,15,21-28,31-32,37-38H,5-12,14,16-20,29-30H2,1-4H3. The van der Waals surface area contributed by atoms with Gasteiger partial charge in [-0.05, 0) is 123 Å². The summed E-state index contributed by atoms with van der Waals surface area (Å²) in [6, 6.07) is 18.8. The van der Waals surface area contributed by atoms with Gasteiger partial charge in [0.15, 0.2) is 0 Å². The van der Waals surface area contributed by atoms with Crippen LogP contribution in [-0.4, -0.2) is 13.2 Å². The van der Waals surface area contributed by atoms with E-state index in [-0.39, 0.29) is 0 Å². The first-order chi connectivity index (χ1) is 20.0. The SMILES string of the molecule is CC(C)c1ccc(C2CC=C(CCCCCOCCCCCC3=CCC(c4ccc(C(C)C)cc4)CC3)CC2)cc1. The van der Waals surface area contributed by atoms with Gasteiger partial charge in [-0.2, -0.15) is 0 Å². The lowest BCUT2D eigenvalue weighted by atomic mass is 9.83. The average Bonchev–Trinajstić information content (AvgIpc) is 3.00. The summed E-state index contributed by atoms with van der Waals surface area (Å²) in [4.78, 5) is 0. The minimum atomic E-state index is 0.620. The highest BCUT2D eigenvalue weighted by molar-refractivity contribution is 5.30. The van der Waals surface area contributed by atoms with Gasteiger partial charge in [0.1, 0.15) is 0 Å². The third-order valence-corrected chi connectivity index (χ3v) is 9.73. The van der Waals surface area contributed by atoms with Crippen LogP contribution in [-0.2, 0) is 4.74 Å². The summed E-state index contributed by atoms with van der Waals surface area (Å²) >= 11 is 0. The third-order valence-electron chi connectivity index (χ3n) is 9.73. The lowest BCUT2D eigenvalue weighted by molar-refractivity contribution is 0.126. The topological polar surface area (TPSA) is 9.23 Å². The van der Waals surface area contributed by atoms with Crippen molar-refractivity contribution in [2.24, 2.45) is 0 Å². The fraction of sp³-hybridized carbons (Fsp3) is 0.600. The van der Waals surface area contributed by atoms with Crippen LogP contribution in [0.5, 0.6) is 0 Å². The Labute approximate surface area is 252 Å². The van der Waals surface area contributed by atoms with E-state index in [2.05, 4.69) is 88.4 Å². The van der Waals surface area contributed by atoms with Crippen molar-refractivity contribution in [1.82, 2.24) is 0 Å². The van der Waals surface area contributed by atoms with E-state index in [0.29, 0.717) is 11.8 Å². The molecule has 2 unspecified atom stereocenters. The minimum Gasteiger partial charge on any atom is -0.381 e. The Bertz CT molecular complexity index is 981. The predicted molar refractivity (Wildman–Crippen MR) is 178 cm³/mol. The Morgan fingerprint density at radius 1 is 0.561 bits per heavy atom. The molecule has 1 nitrogen and oxygen atoms in total. The maximum Gasteiger partial charge on any atom is 0.0466 e. The zero-order valence-corrected chi connectivity index (χ0v) is 26.8. The smallest absolute Gasteiger partial charge is 0.0466 e. The molecule has 0 amide bonds. The monoisotopic (exact) mass is 554 g/mol. The second kappa shape index (κ2) is 17.1. The first kappa shape index (κ1) is 31.8. The van der Waals surface area contributed by atoms with Crippen LogP contribution >= 0.6 is 0 Å². The van der Waals surface area contributed by atoms with Crippen molar-refractivity contribution in [3.8, 4) is 0 Å². The molecule has 0 N–H and O–H groups in total. The molecule has 2 aliphatic carbocycles. The molecule has 41 heavy (non-hydrogen) atoms. The molecule has 0 saturated carbocycles. The molecule has 2 aromatic carbocycles. The maximum absolute atomic E-state index is 5.96. The van der Waals surface area contributed by atoms with Gasteiger partial charge in [-0.15, -0.1) is 0 Å². The number of allylic oxidation sites excluding steroid dienone is 4. The van der Waals surface area contributed by atoms with Crippen molar-refractivity contribution in [3.05, 3.63) is 94.1 Å². The van der Waals surface area contributed by atoms with Crippen LogP contribution < -0.4 is 0 Å². The highest BCUT2D eigenvalue weighted by Crippen LogP contribution is 2.35. The van der Waals surface area contributed by atoms with Gasteiger partial charge in [-0.25, -0.2) is 0 Å². The van der Waals surface area contributed by atoms with Crippen molar-refractivity contribution < 1.29 is 4.74 Å². The summed E-state index contributed by atoms with van der Waals surface area (Å²) in [5.74, 6) is 2.68. The number of hydrogen-bond donors (Lipinski definition) is 0. The molecule has 224 valence electrons. The van der Waals surface area contributed by atoms with Crippen molar-refractivity contribution in [2.45, 2.75) is 141 Å². The Morgan fingerprint density at radius 3 is 1.32 bits per heavy atom. The van der Waals surface area contributed by atoms with Gasteiger partial charge >= 0.3 is 0 Å². The molecule has 0 radical (unpaired) electrons. The molecule has 0 spiro atoms. The lowest BCUT2D eigenvalue weighted by Crippen LogP contribution is -2.05. The van der Waals surface area contributed by atoms with Crippen molar-refractivity contribution in [2.75, 3.05) is 13.2 Å². The Balaban J connectivity index is 0.970. The van der Waals surface area contributed by atoms with Crippen LogP contribution in [0.15, 0.2) is 71.8 Å². The van der Waals surface area contributed by atoms with Crippen LogP contribution in [0, 0.1) is 0 Å². The molecule has 0 bridgehead atoms. The van der Waals surface area contributed by atoms with Crippen LogP contribution in [0.2, 0.25) is 0 Å². The normalized spacial score (nSPS) is 19.5. The molecule has 0 aromatic heterocycles. The van der Waals surface area contributed by atoms with E-state index in [1.54, 1.807) is 11.1 Å². The summed E-state index contributed by atoms with van der Waals surface area (Å²) in [6.45, 7) is 11.0. The fourth-order valence-electron chi connectivity index (χ4n) is 6.71. The molecule has 2 atom stereocenters. The quantitative estimate of drug-likeness (QED) is 0.148. The first-order valence-electron chi connectivity index (χ1n) is 17.1. The van der Waals surface area contributed by atoms with E-state index < -0.39 is 0 Å². The summed E-state index contributed by atoms with van der Waals surface area (Å²) in [5.41, 5.74) is 9.37. The summed E-state index contributed by atoms with van der Waals surface area (Å²) < 4.78 is 5.96. The van der Waals surface area contributed by atoms with E-state index in [1.165, 1.54) is 112 Å². The van der Waals surface area contributed by atoms with E-state index in [0.717, 1.165) is 25.0 Å². The number of unbranched alkanes of at least 4 members (excludes halogenated alkanes) is 4. The number of benzene rings is 2.